The van der Waals surface area contributed by atoms with Crippen LogP contribution in [0.1, 0.15) is 5.56 Å². The normalized spacial score (nSPS) is 9.21. The summed E-state index contributed by atoms with van der Waals surface area (Å²) in [6.45, 7) is 8.58. The number of aliphatic hydroxyl groups is 1. The molecule has 3 aromatic carbocycles. The fourth-order valence-corrected chi connectivity index (χ4v) is 2.87. The van der Waals surface area contributed by atoms with Crippen LogP contribution >= 0.6 is 0 Å². The van der Waals surface area contributed by atoms with Crippen molar-refractivity contribution in [2.24, 2.45) is 0 Å². The number of ether oxygens (including phenoxy) is 2. The lowest BCUT2D eigenvalue weighted by molar-refractivity contribution is -0.128. The largest absolute Gasteiger partial charge is 0.508 e. The van der Waals surface area contributed by atoms with E-state index in [2.05, 4.69) is 13.2 Å². The third-order valence-electron chi connectivity index (χ3n) is 4.38. The number of aldehydes is 1. The molecule has 0 bridgehead atoms. The summed E-state index contributed by atoms with van der Waals surface area (Å²) < 4.78 is 10.7. The smallest absolute Gasteiger partial charge is 0.335 e. The number of phenolic OH excluding ortho intramolecular Hbond substituents is 1. The van der Waals surface area contributed by atoms with Crippen LogP contribution in [0.15, 0.2) is 86.0 Å². The second-order valence-corrected chi connectivity index (χ2v) is 6.44. The van der Waals surface area contributed by atoms with Crippen molar-refractivity contribution in [1.29, 1.82) is 0 Å². The molecule has 0 radical (unpaired) electrons. The zero-order chi connectivity index (χ0) is 24.8. The summed E-state index contributed by atoms with van der Waals surface area (Å²) in [5.74, 6) is 0.870. The molecule has 0 aliphatic rings. The van der Waals surface area contributed by atoms with Crippen molar-refractivity contribution < 1.29 is 29.3 Å². The minimum atomic E-state index is -0.523. The van der Waals surface area contributed by atoms with Crippen LogP contribution in [0.25, 0.3) is 22.3 Å². The summed E-state index contributed by atoms with van der Waals surface area (Å²) in [5, 5.41) is 16.5. The van der Waals surface area contributed by atoms with E-state index < -0.39 is 5.97 Å². The van der Waals surface area contributed by atoms with Gasteiger partial charge in [0.05, 0.1) is 7.11 Å². The summed E-state index contributed by atoms with van der Waals surface area (Å²) in [5.41, 5.74) is 4.56. The van der Waals surface area contributed by atoms with Crippen molar-refractivity contribution in [1.82, 2.24) is 0 Å². The number of carbonyl (C=O) groups excluding carboxylic acids is 2. The van der Waals surface area contributed by atoms with Gasteiger partial charge in [-0.25, -0.2) is 4.79 Å². The van der Waals surface area contributed by atoms with Gasteiger partial charge in [0.2, 0.25) is 0 Å². The van der Waals surface area contributed by atoms with E-state index in [1.165, 1.54) is 6.08 Å². The van der Waals surface area contributed by atoms with Gasteiger partial charge in [-0.3, -0.25) is 4.79 Å². The van der Waals surface area contributed by atoms with E-state index in [4.69, 9.17) is 19.4 Å². The molecule has 0 fully saturated rings. The predicted molar refractivity (Wildman–Crippen MR) is 131 cm³/mol. The van der Waals surface area contributed by atoms with Crippen molar-refractivity contribution in [3.8, 4) is 39.5 Å². The molecule has 0 saturated carbocycles. The quantitative estimate of drug-likeness (QED) is 0.235. The highest BCUT2D eigenvalue weighted by atomic mass is 16.5. The first-order valence-corrected chi connectivity index (χ1v) is 9.87. The molecule has 0 aliphatic carbocycles. The van der Waals surface area contributed by atoms with Crippen LogP contribution in [-0.2, 0) is 9.59 Å². The molecule has 33 heavy (non-hydrogen) atoms. The average Bonchev–Trinajstić information content (AvgIpc) is 2.86. The number of benzene rings is 3. The maximum absolute atomic E-state index is 11.8. The molecule has 2 N–H and O–H groups in total. The van der Waals surface area contributed by atoms with Crippen molar-refractivity contribution >= 4 is 12.3 Å². The Morgan fingerprint density at radius 2 is 1.42 bits per heavy atom. The predicted octanol–water partition coefficient (Wildman–Crippen LogP) is 5.11. The van der Waals surface area contributed by atoms with E-state index in [0.717, 1.165) is 46.8 Å². The lowest BCUT2D eigenvalue weighted by atomic mass is 9.94. The number of carbonyl (C=O) groups is 2. The topological polar surface area (TPSA) is 93.1 Å². The molecule has 0 atom stereocenters. The molecule has 172 valence electrons. The number of phenols is 1. The molecule has 0 aromatic heterocycles. The third-order valence-corrected chi connectivity index (χ3v) is 4.38. The number of hydrogen-bond acceptors (Lipinski definition) is 6. The number of aromatic hydroxyl groups is 1. The molecule has 6 heteroatoms. The third kappa shape index (κ3) is 7.79. The molecular weight excluding hydrogens is 420 g/mol. The van der Waals surface area contributed by atoms with Gasteiger partial charge < -0.3 is 19.7 Å². The van der Waals surface area contributed by atoms with E-state index in [1.54, 1.807) is 19.2 Å². The number of aliphatic hydroxyl groups excluding tert-OH is 1. The van der Waals surface area contributed by atoms with Crippen LogP contribution < -0.4 is 9.47 Å². The second kappa shape index (κ2) is 14.0. The van der Waals surface area contributed by atoms with E-state index in [0.29, 0.717) is 12.0 Å². The average molecular weight is 449 g/mol. The Kier molecular flexibility index (Phi) is 11.4. The van der Waals surface area contributed by atoms with Gasteiger partial charge in [-0.05, 0) is 71.7 Å². The van der Waals surface area contributed by atoms with Gasteiger partial charge in [-0.1, -0.05) is 37.4 Å². The standard InChI is InChI=1S/C23H20O4.C3H4O.CH4O/c1-4-23(25)27-22-14-20(16-5-9-18(24)10-6-16)15(2)13-21(22)17-7-11-19(26-3)12-8-17;1-2-3-4;1-2/h4-14,24H,1H2,2-3H3;2-3H,1H2;2H,1H3. The van der Waals surface area contributed by atoms with Gasteiger partial charge in [-0.15, -0.1) is 0 Å². The number of allylic oxidation sites excluding steroid dienone is 1. The Balaban J connectivity index is 0.000000820. The van der Waals surface area contributed by atoms with Crippen LogP contribution in [0.3, 0.4) is 0 Å². The van der Waals surface area contributed by atoms with E-state index >= 15 is 0 Å². The summed E-state index contributed by atoms with van der Waals surface area (Å²) >= 11 is 0. The number of methoxy groups -OCH3 is 1. The van der Waals surface area contributed by atoms with E-state index in [9.17, 15) is 9.90 Å². The molecule has 0 spiro atoms. The zero-order valence-electron chi connectivity index (χ0n) is 18.9. The zero-order valence-corrected chi connectivity index (χ0v) is 18.9. The van der Waals surface area contributed by atoms with Gasteiger partial charge in [0.15, 0.2) is 0 Å². The fourth-order valence-electron chi connectivity index (χ4n) is 2.87. The Morgan fingerprint density at radius 1 is 0.909 bits per heavy atom. The lowest BCUT2D eigenvalue weighted by Gasteiger charge is -2.15. The highest BCUT2D eigenvalue weighted by Crippen LogP contribution is 2.38. The van der Waals surface area contributed by atoms with Crippen molar-refractivity contribution in [3.05, 3.63) is 91.5 Å². The molecule has 0 aliphatic heterocycles. The highest BCUT2D eigenvalue weighted by molar-refractivity contribution is 5.87. The molecule has 6 nitrogen and oxygen atoms in total. The lowest BCUT2D eigenvalue weighted by Crippen LogP contribution is -2.05. The van der Waals surface area contributed by atoms with Crippen LogP contribution in [-0.4, -0.2) is 36.7 Å². The number of aryl methyl sites for hydroxylation is 1. The maximum Gasteiger partial charge on any atom is 0.335 e. The Hall–Kier alpha value is -4.16. The Bertz CT molecular complexity index is 1060. The first kappa shape index (κ1) is 26.9. The van der Waals surface area contributed by atoms with Gasteiger partial charge in [0.1, 0.15) is 23.5 Å². The number of esters is 1. The summed E-state index contributed by atoms with van der Waals surface area (Å²) in [6, 6.07) is 18.3. The Labute approximate surface area is 194 Å². The molecule has 0 heterocycles. The molecule has 0 saturated heterocycles. The highest BCUT2D eigenvalue weighted by Gasteiger charge is 2.14. The van der Waals surface area contributed by atoms with Crippen LogP contribution in [0.4, 0.5) is 0 Å². The molecular formula is C27H28O6. The van der Waals surface area contributed by atoms with Gasteiger partial charge in [0.25, 0.3) is 0 Å². The summed E-state index contributed by atoms with van der Waals surface area (Å²) in [6.07, 6.45) is 2.97. The van der Waals surface area contributed by atoms with Crippen molar-refractivity contribution in [2.45, 2.75) is 6.92 Å². The van der Waals surface area contributed by atoms with Gasteiger partial charge in [-0.2, -0.15) is 0 Å². The number of rotatable bonds is 6. The van der Waals surface area contributed by atoms with Crippen molar-refractivity contribution in [3.63, 3.8) is 0 Å². The Morgan fingerprint density at radius 3 is 1.91 bits per heavy atom. The van der Waals surface area contributed by atoms with Crippen LogP contribution in [0, 0.1) is 6.92 Å². The second-order valence-electron chi connectivity index (χ2n) is 6.44. The monoisotopic (exact) mass is 448 g/mol. The minimum absolute atomic E-state index is 0.199. The summed E-state index contributed by atoms with van der Waals surface area (Å²) in [4.78, 5) is 20.9. The number of hydrogen-bond donors (Lipinski definition) is 2. The van der Waals surface area contributed by atoms with Gasteiger partial charge in [0, 0.05) is 18.7 Å². The van der Waals surface area contributed by atoms with Crippen LogP contribution in [0.2, 0.25) is 0 Å². The van der Waals surface area contributed by atoms with Crippen LogP contribution in [0.5, 0.6) is 17.2 Å². The van der Waals surface area contributed by atoms with Gasteiger partial charge >= 0.3 is 5.97 Å². The SMILES string of the molecule is C=CC(=O)Oc1cc(-c2ccc(O)cc2)c(C)cc1-c1ccc(OC)cc1.C=CC=O.CO. The summed E-state index contributed by atoms with van der Waals surface area (Å²) in [7, 11) is 2.61. The van der Waals surface area contributed by atoms with E-state index in [-0.39, 0.29) is 5.75 Å². The maximum atomic E-state index is 11.8. The van der Waals surface area contributed by atoms with Crippen molar-refractivity contribution in [2.75, 3.05) is 14.2 Å². The first-order chi connectivity index (χ1) is 15.9. The molecule has 3 rings (SSSR count). The molecule has 0 unspecified atom stereocenters. The first-order valence-electron chi connectivity index (χ1n) is 9.87. The fraction of sp³-hybridized carbons (Fsp3) is 0.111. The molecule has 3 aromatic rings. The van der Waals surface area contributed by atoms with E-state index in [1.807, 2.05) is 55.5 Å². The molecule has 0 amide bonds. The minimum Gasteiger partial charge on any atom is -0.508 e.